The minimum Gasteiger partial charge on any atom is -0.487 e. The van der Waals surface area contributed by atoms with Gasteiger partial charge in [-0.1, -0.05) is 18.2 Å². The van der Waals surface area contributed by atoms with Crippen LogP contribution in [0.25, 0.3) is 5.70 Å². The van der Waals surface area contributed by atoms with Gasteiger partial charge in [0, 0.05) is 43.1 Å². The van der Waals surface area contributed by atoms with E-state index in [1.807, 2.05) is 0 Å². The van der Waals surface area contributed by atoms with E-state index in [4.69, 9.17) is 21.1 Å². The summed E-state index contributed by atoms with van der Waals surface area (Å²) in [4.78, 5) is 12.5. The zero-order valence-electron chi connectivity index (χ0n) is 18.5. The molecule has 1 amide bonds. The van der Waals surface area contributed by atoms with E-state index in [1.54, 1.807) is 6.20 Å². The van der Waals surface area contributed by atoms with Crippen molar-refractivity contribution in [2.45, 2.75) is 56.6 Å². The molecule has 1 aromatic heterocycles. The van der Waals surface area contributed by atoms with E-state index in [2.05, 4.69) is 17.0 Å². The molecule has 1 aromatic carbocycles. The highest BCUT2D eigenvalue weighted by Gasteiger charge is 2.40. The number of alkyl halides is 3. The van der Waals surface area contributed by atoms with Gasteiger partial charge < -0.3 is 19.9 Å². The Kier molecular flexibility index (Phi) is 7.27. The van der Waals surface area contributed by atoms with Crippen LogP contribution in [0.4, 0.5) is 17.6 Å². The fourth-order valence-corrected chi connectivity index (χ4v) is 4.33. The van der Waals surface area contributed by atoms with Gasteiger partial charge in [0.25, 0.3) is 5.91 Å². The number of benzene rings is 1. The van der Waals surface area contributed by atoms with Gasteiger partial charge in [0.15, 0.2) is 11.9 Å². The van der Waals surface area contributed by atoms with Gasteiger partial charge in [0.1, 0.15) is 11.6 Å². The topological polar surface area (TPSA) is 85.6 Å². The highest BCUT2D eigenvalue weighted by atomic mass is 35.5. The number of halogens is 5. The quantitative estimate of drug-likeness (QED) is 0.498. The van der Waals surface area contributed by atoms with Gasteiger partial charge in [-0.05, 0) is 24.8 Å². The molecule has 0 bridgehead atoms. The van der Waals surface area contributed by atoms with Crippen LogP contribution < -0.4 is 14.8 Å². The first-order valence-electron chi connectivity index (χ1n) is 11.1. The van der Waals surface area contributed by atoms with Crippen LogP contribution in [0.3, 0.4) is 0 Å². The summed E-state index contributed by atoms with van der Waals surface area (Å²) in [6.45, 7) is 4.12. The molecule has 2 aliphatic rings. The highest BCUT2D eigenvalue weighted by molar-refractivity contribution is 6.30. The number of aromatic nitrogens is 2. The van der Waals surface area contributed by atoms with Gasteiger partial charge in [0.05, 0.1) is 29.6 Å². The van der Waals surface area contributed by atoms with Crippen LogP contribution in [0.5, 0.6) is 11.5 Å². The van der Waals surface area contributed by atoms with Crippen LogP contribution in [0.15, 0.2) is 31.1 Å². The van der Waals surface area contributed by atoms with Crippen molar-refractivity contribution in [2.75, 3.05) is 6.54 Å². The van der Waals surface area contributed by atoms with Crippen LogP contribution in [0.1, 0.15) is 43.8 Å². The third kappa shape index (κ3) is 6.26. The largest absolute Gasteiger partial charge is 0.487 e. The lowest BCUT2D eigenvalue weighted by atomic mass is 9.80. The summed E-state index contributed by atoms with van der Waals surface area (Å²) >= 11 is 5.74. The summed E-state index contributed by atoms with van der Waals surface area (Å²) in [7, 11) is 0. The molecule has 0 radical (unpaired) electrons. The number of rotatable bonds is 8. The lowest BCUT2D eigenvalue weighted by molar-refractivity contribution is -0.156. The van der Waals surface area contributed by atoms with Crippen molar-refractivity contribution in [3.05, 3.63) is 47.5 Å². The summed E-state index contributed by atoms with van der Waals surface area (Å²) in [5.74, 6) is -1.10. The van der Waals surface area contributed by atoms with Gasteiger partial charge in [-0.3, -0.25) is 4.79 Å². The Morgan fingerprint density at radius 1 is 1.34 bits per heavy atom. The number of nitrogens with zero attached hydrogens (tertiary/aromatic N) is 2. The smallest absolute Gasteiger partial charge is 0.389 e. The highest BCUT2D eigenvalue weighted by Crippen LogP contribution is 2.39. The van der Waals surface area contributed by atoms with Gasteiger partial charge >= 0.3 is 6.18 Å². The molecular formula is C23H24ClF4N3O4. The number of amides is 1. The predicted octanol–water partition coefficient (Wildman–Crippen LogP) is 4.65. The summed E-state index contributed by atoms with van der Waals surface area (Å²) in [5.41, 5.74) is 0.874. The van der Waals surface area contributed by atoms with E-state index in [0.717, 1.165) is 6.07 Å². The first kappa shape index (κ1) is 25.3. The minimum absolute atomic E-state index is 0.00735. The molecule has 190 valence electrons. The van der Waals surface area contributed by atoms with Gasteiger partial charge in [-0.25, -0.2) is 9.07 Å². The van der Waals surface area contributed by atoms with Gasteiger partial charge in [-0.2, -0.15) is 18.3 Å². The van der Waals surface area contributed by atoms with Crippen molar-refractivity contribution in [3.8, 4) is 11.5 Å². The molecule has 1 fully saturated rings. The number of aliphatic hydroxyl groups is 1. The molecule has 1 saturated carbocycles. The summed E-state index contributed by atoms with van der Waals surface area (Å²) in [5, 5.41) is 17.0. The van der Waals surface area contributed by atoms with Crippen LogP contribution in [-0.4, -0.2) is 45.7 Å². The Morgan fingerprint density at radius 2 is 2.09 bits per heavy atom. The maximum atomic E-state index is 13.7. The molecule has 0 saturated heterocycles. The number of fused-ring (bicyclic) bond motifs is 1. The molecule has 0 unspecified atom stereocenters. The van der Waals surface area contributed by atoms with Crippen LogP contribution in [0, 0.1) is 11.7 Å². The zero-order valence-corrected chi connectivity index (χ0v) is 19.3. The van der Waals surface area contributed by atoms with E-state index in [-0.39, 0.29) is 29.8 Å². The van der Waals surface area contributed by atoms with Crippen molar-refractivity contribution < 1.29 is 36.9 Å². The SMILES string of the molecule is C=C(CCNC(=O)[C@@H]1C[C@@H](O)c2cc(Cl)c(F)cc2O1)n1cc(OC2CC(CC(F)(F)F)C2)cn1. The van der Waals surface area contributed by atoms with E-state index in [9.17, 15) is 27.5 Å². The predicted molar refractivity (Wildman–Crippen MR) is 118 cm³/mol. The Hall–Kier alpha value is -2.79. The van der Waals surface area contributed by atoms with Crippen molar-refractivity contribution in [1.29, 1.82) is 0 Å². The lowest BCUT2D eigenvalue weighted by Gasteiger charge is -2.35. The number of ether oxygens (including phenoxy) is 2. The zero-order chi connectivity index (χ0) is 25.3. The number of carbonyl (C=O) groups excluding carboxylic acids is 1. The van der Waals surface area contributed by atoms with E-state index >= 15 is 0 Å². The molecule has 4 rings (SSSR count). The van der Waals surface area contributed by atoms with Crippen LogP contribution >= 0.6 is 11.6 Å². The number of carbonyl (C=O) groups is 1. The molecule has 2 N–H and O–H groups in total. The molecule has 1 aliphatic heterocycles. The van der Waals surface area contributed by atoms with E-state index in [1.165, 1.54) is 16.9 Å². The average molecular weight is 518 g/mol. The molecule has 1 aliphatic carbocycles. The maximum absolute atomic E-state index is 13.7. The summed E-state index contributed by atoms with van der Waals surface area (Å²) in [6.07, 6.45) is -3.19. The molecule has 7 nitrogen and oxygen atoms in total. The number of hydrogen-bond acceptors (Lipinski definition) is 5. The molecule has 0 spiro atoms. The second-order valence-corrected chi connectivity index (χ2v) is 9.19. The molecular weight excluding hydrogens is 494 g/mol. The van der Waals surface area contributed by atoms with Crippen LogP contribution in [0.2, 0.25) is 5.02 Å². The van der Waals surface area contributed by atoms with Gasteiger partial charge in [0.2, 0.25) is 0 Å². The first-order chi connectivity index (χ1) is 16.5. The van der Waals surface area contributed by atoms with Crippen LogP contribution in [-0.2, 0) is 4.79 Å². The minimum atomic E-state index is -4.16. The third-order valence-corrected chi connectivity index (χ3v) is 6.31. The van der Waals surface area contributed by atoms with E-state index < -0.39 is 42.4 Å². The van der Waals surface area contributed by atoms with Crippen molar-refractivity contribution >= 4 is 23.2 Å². The molecule has 2 heterocycles. The molecule has 2 aromatic rings. The number of nitrogens with one attached hydrogen (secondary N) is 1. The van der Waals surface area contributed by atoms with Crippen molar-refractivity contribution in [3.63, 3.8) is 0 Å². The maximum Gasteiger partial charge on any atom is 0.389 e. The van der Waals surface area contributed by atoms with Crippen molar-refractivity contribution in [2.24, 2.45) is 5.92 Å². The third-order valence-electron chi connectivity index (χ3n) is 6.02. The summed E-state index contributed by atoms with van der Waals surface area (Å²) in [6, 6.07) is 2.32. The van der Waals surface area contributed by atoms with E-state index in [0.29, 0.717) is 36.3 Å². The Morgan fingerprint density at radius 3 is 2.80 bits per heavy atom. The molecule has 2 atom stereocenters. The second kappa shape index (κ2) is 10.1. The Bertz CT molecular complexity index is 1100. The molecule has 35 heavy (non-hydrogen) atoms. The number of aliphatic hydroxyl groups excluding tert-OH is 1. The monoisotopic (exact) mass is 517 g/mol. The fraction of sp³-hybridized carbons (Fsp3) is 0.478. The first-order valence-corrected chi connectivity index (χ1v) is 11.4. The molecule has 12 heteroatoms. The lowest BCUT2D eigenvalue weighted by Crippen LogP contribution is -2.41. The normalized spacial score (nSPS) is 23.6. The average Bonchev–Trinajstić information content (AvgIpc) is 3.21. The Balaban J connectivity index is 1.21. The van der Waals surface area contributed by atoms with Gasteiger partial charge in [-0.15, -0.1) is 0 Å². The summed E-state index contributed by atoms with van der Waals surface area (Å²) < 4.78 is 63.6. The fourth-order valence-electron chi connectivity index (χ4n) is 4.15. The standard InChI is InChI=1S/C23H24ClF4N3O4/c1-12(31-11-15(10-30-31)34-14-4-13(5-14)9-23(26,27)28)2-3-29-22(33)21-8-19(32)16-6-17(24)18(25)7-20(16)35-21/h6-7,10-11,13-14,19,21,32H,1-5,8-9H2,(H,29,33)/t13?,14?,19-,21+/m1/s1. The Labute approximate surface area is 203 Å². The van der Waals surface area contributed by atoms with Crippen molar-refractivity contribution in [1.82, 2.24) is 15.1 Å². The number of hydrogen-bond donors (Lipinski definition) is 2. The second-order valence-electron chi connectivity index (χ2n) is 8.79.